The molecule has 47 heavy (non-hydrogen) atoms. The lowest BCUT2D eigenvalue weighted by Gasteiger charge is -2.20. The number of nitrogens with zero attached hydrogens (tertiary/aromatic N) is 6. The quantitative estimate of drug-likeness (QED) is 0.166. The summed E-state index contributed by atoms with van der Waals surface area (Å²) in [5, 5.41) is 18.9. The molecule has 0 aliphatic rings. The summed E-state index contributed by atoms with van der Waals surface area (Å²) in [6.45, 7) is 3.37. The van der Waals surface area contributed by atoms with E-state index in [1.807, 2.05) is 30.3 Å². The highest BCUT2D eigenvalue weighted by Crippen LogP contribution is 2.35. The molecule has 6 rings (SSSR count). The van der Waals surface area contributed by atoms with Gasteiger partial charge in [-0.1, -0.05) is 72.3 Å². The summed E-state index contributed by atoms with van der Waals surface area (Å²) in [7, 11) is 0. The van der Waals surface area contributed by atoms with Crippen LogP contribution >= 0.6 is 11.6 Å². The van der Waals surface area contributed by atoms with Crippen LogP contribution in [0.3, 0.4) is 0 Å². The van der Waals surface area contributed by atoms with Gasteiger partial charge in [0.2, 0.25) is 0 Å². The van der Waals surface area contributed by atoms with Crippen LogP contribution in [0.2, 0.25) is 5.02 Å². The van der Waals surface area contributed by atoms with Crippen LogP contribution in [-0.2, 0) is 24.1 Å². The number of ether oxygens (including phenoxy) is 1. The average Bonchev–Trinajstić information content (AvgIpc) is 3.51. The molecule has 6 aromatic rings. The minimum atomic E-state index is -4.62. The normalized spacial score (nSPS) is 12.3. The van der Waals surface area contributed by atoms with Gasteiger partial charge >= 0.3 is 6.18 Å². The number of pyridine rings is 1. The van der Waals surface area contributed by atoms with Crippen molar-refractivity contribution >= 4 is 17.2 Å². The van der Waals surface area contributed by atoms with Crippen molar-refractivity contribution in [1.29, 1.82) is 5.26 Å². The topological polar surface area (TPSA) is 98.1 Å². The van der Waals surface area contributed by atoms with Gasteiger partial charge in [0, 0.05) is 16.3 Å². The number of fused-ring (bicyclic) bond motifs is 1. The molecule has 0 aliphatic heterocycles. The second-order valence-electron chi connectivity index (χ2n) is 10.9. The van der Waals surface area contributed by atoms with Crippen molar-refractivity contribution in [3.8, 4) is 28.3 Å². The van der Waals surface area contributed by atoms with Gasteiger partial charge in [0.15, 0.2) is 11.5 Å². The van der Waals surface area contributed by atoms with Crippen LogP contribution in [0.25, 0.3) is 27.9 Å². The molecular formula is C35H26ClF3N6O2. The molecule has 236 valence electrons. The highest BCUT2D eigenvalue weighted by Gasteiger charge is 2.33. The zero-order valence-electron chi connectivity index (χ0n) is 25.2. The van der Waals surface area contributed by atoms with E-state index in [2.05, 4.69) is 21.3 Å². The van der Waals surface area contributed by atoms with Crippen molar-refractivity contribution in [3.05, 3.63) is 140 Å². The SMILES string of the molecule is Cc1nc(C(F)(F)F)ccc1Cn1c(=O)c(-c2ccc(C#N)cc2)c(-c2ccc(Cl)cc2)c2nnc(C(C)OCc3ccccc3)n21. The van der Waals surface area contributed by atoms with Crippen molar-refractivity contribution < 1.29 is 17.9 Å². The molecule has 3 aromatic carbocycles. The van der Waals surface area contributed by atoms with Gasteiger partial charge in [-0.05, 0) is 66.4 Å². The summed E-state index contributed by atoms with van der Waals surface area (Å²) >= 11 is 6.22. The van der Waals surface area contributed by atoms with E-state index in [9.17, 15) is 23.2 Å². The second-order valence-corrected chi connectivity index (χ2v) is 11.3. The number of rotatable bonds is 8. The van der Waals surface area contributed by atoms with E-state index in [4.69, 9.17) is 16.3 Å². The lowest BCUT2D eigenvalue weighted by molar-refractivity contribution is -0.141. The Kier molecular flexibility index (Phi) is 8.64. The van der Waals surface area contributed by atoms with Gasteiger partial charge in [-0.25, -0.2) is 14.2 Å². The Balaban J connectivity index is 1.61. The van der Waals surface area contributed by atoms with E-state index in [0.717, 1.165) is 11.6 Å². The molecule has 0 saturated heterocycles. The molecule has 0 bridgehead atoms. The number of benzene rings is 3. The van der Waals surface area contributed by atoms with Crippen LogP contribution < -0.4 is 5.56 Å². The van der Waals surface area contributed by atoms with Crippen LogP contribution in [0.4, 0.5) is 13.2 Å². The first-order chi connectivity index (χ1) is 22.5. The predicted molar refractivity (Wildman–Crippen MR) is 171 cm³/mol. The number of halogens is 4. The van der Waals surface area contributed by atoms with Crippen molar-refractivity contribution in [3.63, 3.8) is 0 Å². The lowest BCUT2D eigenvalue weighted by atomic mass is 9.96. The molecule has 8 nitrogen and oxygen atoms in total. The Morgan fingerprint density at radius 2 is 1.57 bits per heavy atom. The van der Waals surface area contributed by atoms with Crippen LogP contribution in [0.1, 0.15) is 46.9 Å². The molecule has 0 spiro atoms. The van der Waals surface area contributed by atoms with Crippen LogP contribution in [0, 0.1) is 18.3 Å². The van der Waals surface area contributed by atoms with E-state index in [-0.39, 0.29) is 24.4 Å². The maximum absolute atomic E-state index is 14.7. The molecule has 3 aromatic heterocycles. The Hall–Kier alpha value is -5.31. The number of aromatic nitrogens is 5. The monoisotopic (exact) mass is 654 g/mol. The fourth-order valence-corrected chi connectivity index (χ4v) is 5.46. The van der Waals surface area contributed by atoms with Crippen LogP contribution in [0.5, 0.6) is 0 Å². The van der Waals surface area contributed by atoms with E-state index in [0.29, 0.717) is 44.3 Å². The summed E-state index contributed by atoms with van der Waals surface area (Å²) in [4.78, 5) is 18.5. The molecule has 0 saturated carbocycles. The van der Waals surface area contributed by atoms with E-state index in [1.54, 1.807) is 60.0 Å². The molecule has 12 heteroatoms. The third-order valence-electron chi connectivity index (χ3n) is 7.78. The number of hydrogen-bond donors (Lipinski definition) is 0. The van der Waals surface area contributed by atoms with Gasteiger partial charge in [-0.15, -0.1) is 10.2 Å². The Bertz CT molecular complexity index is 2170. The molecule has 3 heterocycles. The van der Waals surface area contributed by atoms with E-state index >= 15 is 0 Å². The van der Waals surface area contributed by atoms with Gasteiger partial charge in [-0.3, -0.25) is 4.79 Å². The summed E-state index contributed by atoms with van der Waals surface area (Å²) in [5.74, 6) is 0.312. The maximum Gasteiger partial charge on any atom is 0.433 e. The molecule has 0 amide bonds. The molecule has 0 radical (unpaired) electrons. The van der Waals surface area contributed by atoms with Crippen molar-refractivity contribution in [2.75, 3.05) is 0 Å². The first kappa shape index (κ1) is 31.7. The molecule has 0 fully saturated rings. The summed E-state index contributed by atoms with van der Waals surface area (Å²) < 4.78 is 49.4. The Labute approximate surface area is 272 Å². The number of alkyl halides is 3. The summed E-state index contributed by atoms with van der Waals surface area (Å²) in [6, 6.07) is 27.3. The lowest BCUT2D eigenvalue weighted by Crippen LogP contribution is -2.31. The molecule has 1 atom stereocenters. The number of nitriles is 1. The number of aryl methyl sites for hydroxylation is 1. The van der Waals surface area contributed by atoms with E-state index < -0.39 is 23.5 Å². The van der Waals surface area contributed by atoms with Crippen LogP contribution in [0.15, 0.2) is 95.8 Å². The third kappa shape index (κ3) is 6.38. The zero-order valence-corrected chi connectivity index (χ0v) is 25.9. The maximum atomic E-state index is 14.7. The van der Waals surface area contributed by atoms with Gasteiger partial charge in [0.1, 0.15) is 11.8 Å². The van der Waals surface area contributed by atoms with Crippen molar-refractivity contribution in [2.45, 2.75) is 39.3 Å². The standard InChI is InChI=1S/C35H26ClF3N6O2/c1-21-27(14-17-29(41-21)35(37,38)39)19-44-34(46)31(26-10-8-23(18-40)9-11-26)30(25-12-15-28(36)16-13-25)33-43-42-32(45(33)44)22(2)47-20-24-6-4-3-5-7-24/h3-17,22H,19-20H2,1-2H3. The zero-order chi connectivity index (χ0) is 33.3. The van der Waals surface area contributed by atoms with E-state index in [1.165, 1.54) is 17.7 Å². The minimum absolute atomic E-state index is 0.115. The second kappa shape index (κ2) is 12.8. The van der Waals surface area contributed by atoms with Gasteiger partial charge < -0.3 is 4.74 Å². The fraction of sp³-hybridized carbons (Fsp3) is 0.171. The smallest absolute Gasteiger partial charge is 0.366 e. The Morgan fingerprint density at radius 1 is 0.915 bits per heavy atom. The fourth-order valence-electron chi connectivity index (χ4n) is 5.34. The molecular weight excluding hydrogens is 629 g/mol. The third-order valence-corrected chi connectivity index (χ3v) is 8.03. The minimum Gasteiger partial charge on any atom is -0.366 e. The van der Waals surface area contributed by atoms with Gasteiger partial charge in [-0.2, -0.15) is 18.4 Å². The summed E-state index contributed by atoms with van der Waals surface area (Å²) in [6.07, 6.45) is -5.27. The highest BCUT2D eigenvalue weighted by molar-refractivity contribution is 6.30. The highest BCUT2D eigenvalue weighted by atomic mass is 35.5. The Morgan fingerprint density at radius 3 is 2.21 bits per heavy atom. The van der Waals surface area contributed by atoms with Gasteiger partial charge in [0.25, 0.3) is 5.56 Å². The molecule has 0 N–H and O–H groups in total. The average molecular weight is 655 g/mol. The molecule has 1 unspecified atom stereocenters. The van der Waals surface area contributed by atoms with Crippen LogP contribution in [-0.4, -0.2) is 24.4 Å². The first-order valence-electron chi connectivity index (χ1n) is 14.5. The molecule has 0 aliphatic carbocycles. The van der Waals surface area contributed by atoms with Crippen molar-refractivity contribution in [2.24, 2.45) is 0 Å². The first-order valence-corrected chi connectivity index (χ1v) is 14.9. The van der Waals surface area contributed by atoms with Gasteiger partial charge in [0.05, 0.1) is 30.3 Å². The predicted octanol–water partition coefficient (Wildman–Crippen LogP) is 7.80. The summed E-state index contributed by atoms with van der Waals surface area (Å²) in [5.41, 5.74) is 2.53. The number of hydrogen-bond acceptors (Lipinski definition) is 6. The largest absolute Gasteiger partial charge is 0.433 e. The van der Waals surface area contributed by atoms with Crippen molar-refractivity contribution in [1.82, 2.24) is 24.4 Å².